The number of anilines is 2. The van der Waals surface area contributed by atoms with Crippen molar-refractivity contribution in [2.45, 2.75) is 44.0 Å². The zero-order valence-electron chi connectivity index (χ0n) is 20.8. The Morgan fingerprint density at radius 1 is 0.811 bits per heavy atom. The van der Waals surface area contributed by atoms with Crippen LogP contribution in [-0.2, 0) is 4.79 Å². The van der Waals surface area contributed by atoms with Gasteiger partial charge >= 0.3 is 5.51 Å². The molecule has 0 atom stereocenters. The molecule has 0 unspecified atom stereocenters. The van der Waals surface area contributed by atoms with Crippen molar-refractivity contribution in [3.05, 3.63) is 54.1 Å². The first-order valence-corrected chi connectivity index (χ1v) is 13.5. The Morgan fingerprint density at radius 2 is 1.38 bits per heavy atom. The second-order valence-electron chi connectivity index (χ2n) is 9.53. The molecule has 0 spiro atoms. The number of alkyl halides is 3. The molecule has 5 nitrogen and oxygen atoms in total. The Hall–Kier alpha value is -2.39. The van der Waals surface area contributed by atoms with Crippen molar-refractivity contribution >= 4 is 29.0 Å². The standard InChI is InChI=1S/C27H35F3N4OS.CH4/c1-22-5-7-23(8-6-22)33-18-16-31(17-19-33)13-2-4-26(35)34-15-3-14-32(20-21-34)24-9-11-25(12-10-24)36-27(28,29)30;/h5-12H,2-4,13-21H2,1H3;1H4. The molecule has 1 amide bonds. The van der Waals surface area contributed by atoms with Crippen LogP contribution in [0.2, 0.25) is 0 Å². The average molecular weight is 537 g/mol. The third-order valence-corrected chi connectivity index (χ3v) is 7.66. The molecule has 0 saturated carbocycles. The third kappa shape index (κ3) is 8.85. The molecular weight excluding hydrogens is 497 g/mol. The number of rotatable bonds is 7. The maximum atomic E-state index is 12.8. The lowest BCUT2D eigenvalue weighted by Gasteiger charge is -2.36. The van der Waals surface area contributed by atoms with Gasteiger partial charge in [-0.1, -0.05) is 25.1 Å². The molecule has 2 saturated heterocycles. The van der Waals surface area contributed by atoms with E-state index in [1.54, 1.807) is 12.1 Å². The van der Waals surface area contributed by atoms with Crippen LogP contribution in [0.5, 0.6) is 0 Å². The van der Waals surface area contributed by atoms with Gasteiger partial charge in [-0.25, -0.2) is 0 Å². The summed E-state index contributed by atoms with van der Waals surface area (Å²) in [5.41, 5.74) is -0.819. The zero-order valence-corrected chi connectivity index (χ0v) is 21.7. The van der Waals surface area contributed by atoms with Crippen LogP contribution < -0.4 is 9.80 Å². The van der Waals surface area contributed by atoms with E-state index in [1.807, 2.05) is 4.90 Å². The van der Waals surface area contributed by atoms with Crippen LogP contribution in [0.3, 0.4) is 0 Å². The van der Waals surface area contributed by atoms with Crippen molar-refractivity contribution in [1.82, 2.24) is 9.80 Å². The summed E-state index contributed by atoms with van der Waals surface area (Å²) in [6.45, 7) is 9.95. The van der Waals surface area contributed by atoms with Crippen molar-refractivity contribution in [2.75, 3.05) is 68.7 Å². The van der Waals surface area contributed by atoms with Crippen LogP contribution in [0.25, 0.3) is 0 Å². The minimum Gasteiger partial charge on any atom is -0.370 e. The number of aryl methyl sites for hydroxylation is 1. The number of nitrogens with zero attached hydrogens (tertiary/aromatic N) is 4. The average Bonchev–Trinajstić information content (AvgIpc) is 3.11. The number of thioether (sulfide) groups is 1. The van der Waals surface area contributed by atoms with Crippen LogP contribution in [-0.4, -0.2) is 80.1 Å². The summed E-state index contributed by atoms with van der Waals surface area (Å²) in [6, 6.07) is 15.2. The van der Waals surface area contributed by atoms with Crippen LogP contribution in [0.1, 0.15) is 32.3 Å². The summed E-state index contributed by atoms with van der Waals surface area (Å²) >= 11 is -0.0955. The maximum absolute atomic E-state index is 12.8. The van der Waals surface area contributed by atoms with E-state index in [9.17, 15) is 18.0 Å². The highest BCUT2D eigenvalue weighted by molar-refractivity contribution is 8.00. The summed E-state index contributed by atoms with van der Waals surface area (Å²) in [5.74, 6) is 0.201. The number of amides is 1. The molecule has 0 aromatic heterocycles. The van der Waals surface area contributed by atoms with Crippen molar-refractivity contribution in [3.8, 4) is 0 Å². The van der Waals surface area contributed by atoms with Crippen LogP contribution in [0.15, 0.2) is 53.4 Å². The fourth-order valence-corrected chi connectivity index (χ4v) is 5.42. The molecule has 0 bridgehead atoms. The van der Waals surface area contributed by atoms with Gasteiger partial charge in [-0.05, 0) is 74.5 Å². The minimum absolute atomic E-state index is 0. The molecule has 2 aromatic carbocycles. The number of piperazine rings is 1. The molecule has 37 heavy (non-hydrogen) atoms. The second-order valence-corrected chi connectivity index (χ2v) is 10.7. The largest absolute Gasteiger partial charge is 0.446 e. The van der Waals surface area contributed by atoms with Gasteiger partial charge in [-0.2, -0.15) is 13.2 Å². The molecule has 0 radical (unpaired) electrons. The van der Waals surface area contributed by atoms with E-state index in [0.717, 1.165) is 64.3 Å². The van der Waals surface area contributed by atoms with Gasteiger partial charge in [0.05, 0.1) is 0 Å². The fourth-order valence-electron chi connectivity index (χ4n) is 4.88. The Bertz CT molecular complexity index is 976. The predicted octanol–water partition coefficient (Wildman–Crippen LogP) is 5.88. The lowest BCUT2D eigenvalue weighted by Crippen LogP contribution is -2.46. The van der Waals surface area contributed by atoms with Gasteiger partial charge in [-0.3, -0.25) is 9.69 Å². The van der Waals surface area contributed by atoms with Gasteiger partial charge in [-0.15, -0.1) is 0 Å². The Labute approximate surface area is 223 Å². The molecule has 2 heterocycles. The molecule has 0 N–H and O–H groups in total. The van der Waals surface area contributed by atoms with Crippen LogP contribution >= 0.6 is 11.8 Å². The number of hydrogen-bond donors (Lipinski definition) is 0. The number of carbonyl (C=O) groups is 1. The quantitative estimate of drug-likeness (QED) is 0.412. The second kappa shape index (κ2) is 13.4. The summed E-state index contributed by atoms with van der Waals surface area (Å²) in [7, 11) is 0. The topological polar surface area (TPSA) is 30.0 Å². The lowest BCUT2D eigenvalue weighted by molar-refractivity contribution is -0.131. The first-order valence-electron chi connectivity index (χ1n) is 12.7. The Morgan fingerprint density at radius 3 is 2.00 bits per heavy atom. The molecular formula is C28H39F3N4OS. The van der Waals surface area contributed by atoms with E-state index >= 15 is 0 Å². The summed E-state index contributed by atoms with van der Waals surface area (Å²) < 4.78 is 37.7. The van der Waals surface area contributed by atoms with Gasteiger partial charge in [0.25, 0.3) is 0 Å². The fraction of sp³-hybridized carbons (Fsp3) is 0.536. The molecule has 2 aromatic rings. The summed E-state index contributed by atoms with van der Waals surface area (Å²) in [5, 5.41) is 0. The van der Waals surface area contributed by atoms with Gasteiger partial charge in [0.2, 0.25) is 5.91 Å². The van der Waals surface area contributed by atoms with Crippen LogP contribution in [0, 0.1) is 6.92 Å². The van der Waals surface area contributed by atoms with Crippen molar-refractivity contribution in [1.29, 1.82) is 0 Å². The van der Waals surface area contributed by atoms with Crippen molar-refractivity contribution < 1.29 is 18.0 Å². The van der Waals surface area contributed by atoms with E-state index in [4.69, 9.17) is 0 Å². The predicted molar refractivity (Wildman–Crippen MR) is 148 cm³/mol. The SMILES string of the molecule is C.Cc1ccc(N2CCN(CCCC(=O)N3CCCN(c4ccc(SC(F)(F)F)cc4)CC3)CC2)cc1. The van der Waals surface area contributed by atoms with E-state index < -0.39 is 5.51 Å². The number of hydrogen-bond acceptors (Lipinski definition) is 5. The third-order valence-electron chi connectivity index (χ3n) is 6.92. The van der Waals surface area contributed by atoms with Gasteiger partial charge < -0.3 is 14.7 Å². The monoisotopic (exact) mass is 536 g/mol. The summed E-state index contributed by atoms with van der Waals surface area (Å²) in [4.78, 5) is 22.0. The van der Waals surface area contributed by atoms with Crippen LogP contribution in [0.4, 0.5) is 24.5 Å². The highest BCUT2D eigenvalue weighted by Crippen LogP contribution is 2.37. The first-order chi connectivity index (χ1) is 17.3. The van der Waals surface area contributed by atoms with Gasteiger partial charge in [0.1, 0.15) is 0 Å². The molecule has 4 rings (SSSR count). The molecule has 2 fully saturated rings. The van der Waals surface area contributed by atoms with E-state index in [2.05, 4.69) is 45.9 Å². The molecule has 2 aliphatic heterocycles. The maximum Gasteiger partial charge on any atom is 0.446 e. The Kier molecular flexibility index (Phi) is 10.6. The highest BCUT2D eigenvalue weighted by atomic mass is 32.2. The van der Waals surface area contributed by atoms with E-state index in [-0.39, 0.29) is 30.0 Å². The number of carbonyl (C=O) groups excluding carboxylic acids is 1. The van der Waals surface area contributed by atoms with E-state index in [1.165, 1.54) is 23.4 Å². The Balaban J connectivity index is 0.00000380. The number of halogens is 3. The van der Waals surface area contributed by atoms with Crippen molar-refractivity contribution in [2.24, 2.45) is 0 Å². The molecule has 2 aliphatic rings. The van der Waals surface area contributed by atoms with E-state index in [0.29, 0.717) is 19.5 Å². The minimum atomic E-state index is -4.28. The molecule has 9 heteroatoms. The smallest absolute Gasteiger partial charge is 0.370 e. The highest BCUT2D eigenvalue weighted by Gasteiger charge is 2.29. The normalized spacial score (nSPS) is 17.4. The first kappa shape index (κ1) is 29.2. The lowest BCUT2D eigenvalue weighted by atomic mass is 10.2. The number of benzene rings is 2. The summed E-state index contributed by atoms with van der Waals surface area (Å²) in [6.07, 6.45) is 2.27. The molecule has 0 aliphatic carbocycles. The van der Waals surface area contributed by atoms with Gasteiger partial charge in [0, 0.05) is 75.0 Å². The van der Waals surface area contributed by atoms with Crippen molar-refractivity contribution in [3.63, 3.8) is 0 Å². The zero-order chi connectivity index (χ0) is 25.5. The van der Waals surface area contributed by atoms with Gasteiger partial charge in [0.15, 0.2) is 0 Å². The molecule has 204 valence electrons.